The number of hydroxylamine groups is 2. The third-order valence-electron chi connectivity index (χ3n) is 4.52. The van der Waals surface area contributed by atoms with Gasteiger partial charge in [0.1, 0.15) is 5.60 Å². The van der Waals surface area contributed by atoms with Gasteiger partial charge in [0.25, 0.3) is 5.91 Å². The van der Waals surface area contributed by atoms with Crippen molar-refractivity contribution in [3.8, 4) is 0 Å². The first-order chi connectivity index (χ1) is 11.7. The molecular formula is C19H27NO5. The van der Waals surface area contributed by atoms with Gasteiger partial charge in [-0.2, -0.15) is 0 Å². The van der Waals surface area contributed by atoms with Crippen LogP contribution in [0.2, 0.25) is 0 Å². The second-order valence-electron chi connectivity index (χ2n) is 7.31. The molecule has 25 heavy (non-hydrogen) atoms. The zero-order valence-corrected chi connectivity index (χ0v) is 15.7. The van der Waals surface area contributed by atoms with Crippen molar-refractivity contribution in [2.75, 3.05) is 27.9 Å². The second kappa shape index (κ2) is 7.14. The number of methoxy groups -OCH3 is 1. The summed E-state index contributed by atoms with van der Waals surface area (Å²) in [5.74, 6) is -1.57. The highest BCUT2D eigenvalue weighted by Crippen LogP contribution is 2.66. The summed E-state index contributed by atoms with van der Waals surface area (Å²) in [6, 6.07) is 9.51. The van der Waals surface area contributed by atoms with Gasteiger partial charge in [0.2, 0.25) is 0 Å². The minimum absolute atomic E-state index is 0.280. The number of carbonyl (C=O) groups excluding carboxylic acids is 2. The van der Waals surface area contributed by atoms with E-state index in [9.17, 15) is 9.59 Å². The van der Waals surface area contributed by atoms with Crippen molar-refractivity contribution in [3.05, 3.63) is 35.9 Å². The molecule has 1 aliphatic carbocycles. The van der Waals surface area contributed by atoms with Crippen molar-refractivity contribution in [2.45, 2.75) is 32.3 Å². The summed E-state index contributed by atoms with van der Waals surface area (Å²) in [7, 11) is 4.45. The Balaban J connectivity index is 2.50. The molecule has 6 heteroatoms. The first-order valence-electron chi connectivity index (χ1n) is 8.29. The third kappa shape index (κ3) is 3.55. The number of hydrogen-bond acceptors (Lipinski definition) is 5. The highest BCUT2D eigenvalue weighted by atomic mass is 16.7. The van der Waals surface area contributed by atoms with Gasteiger partial charge in [-0.25, -0.2) is 5.06 Å². The van der Waals surface area contributed by atoms with Crippen LogP contribution in [0.1, 0.15) is 32.3 Å². The van der Waals surface area contributed by atoms with Gasteiger partial charge in [0, 0.05) is 26.0 Å². The maximum absolute atomic E-state index is 13.1. The Hall–Kier alpha value is -1.92. The standard InChI is InChI=1S/C19H27NO5/c1-18(2,3)25-17(22)19(16(21)20(4)24-6)14(12-23-5)15(19)13-10-8-7-9-11-13/h7-11,14-15H,12H2,1-6H3/t14-,15+,19+/m1/s1. The highest BCUT2D eigenvalue weighted by Gasteiger charge is 2.76. The van der Waals surface area contributed by atoms with E-state index in [0.29, 0.717) is 0 Å². The molecule has 1 aliphatic rings. The Morgan fingerprint density at radius 3 is 2.24 bits per heavy atom. The van der Waals surface area contributed by atoms with Crippen LogP contribution >= 0.6 is 0 Å². The van der Waals surface area contributed by atoms with Crippen LogP contribution in [0.4, 0.5) is 0 Å². The maximum atomic E-state index is 13.1. The fraction of sp³-hybridized carbons (Fsp3) is 0.579. The van der Waals surface area contributed by atoms with E-state index in [2.05, 4.69) is 0 Å². The molecule has 138 valence electrons. The number of benzene rings is 1. The van der Waals surface area contributed by atoms with E-state index in [1.807, 2.05) is 30.3 Å². The lowest BCUT2D eigenvalue weighted by Crippen LogP contribution is -2.43. The average Bonchev–Trinajstić information content (AvgIpc) is 3.22. The van der Waals surface area contributed by atoms with Crippen molar-refractivity contribution in [2.24, 2.45) is 11.3 Å². The summed E-state index contributed by atoms with van der Waals surface area (Å²) in [4.78, 5) is 31.3. The van der Waals surface area contributed by atoms with Gasteiger partial charge in [-0.1, -0.05) is 30.3 Å². The second-order valence-corrected chi connectivity index (χ2v) is 7.31. The molecule has 0 spiro atoms. The van der Waals surface area contributed by atoms with Crippen LogP contribution in [0.5, 0.6) is 0 Å². The molecule has 6 nitrogen and oxygen atoms in total. The van der Waals surface area contributed by atoms with Gasteiger partial charge in [0.15, 0.2) is 5.41 Å². The summed E-state index contributed by atoms with van der Waals surface area (Å²) in [6.07, 6.45) is 0. The van der Waals surface area contributed by atoms with Crippen LogP contribution in [0.25, 0.3) is 0 Å². The zero-order valence-electron chi connectivity index (χ0n) is 15.7. The van der Waals surface area contributed by atoms with Crippen LogP contribution in [0, 0.1) is 11.3 Å². The van der Waals surface area contributed by atoms with Crippen molar-refractivity contribution < 1.29 is 23.9 Å². The first kappa shape index (κ1) is 19.4. The van der Waals surface area contributed by atoms with Crippen LogP contribution in [-0.2, 0) is 23.9 Å². The molecule has 1 aromatic carbocycles. The third-order valence-corrected chi connectivity index (χ3v) is 4.52. The fourth-order valence-electron chi connectivity index (χ4n) is 3.39. The molecule has 1 aromatic rings. The highest BCUT2D eigenvalue weighted by molar-refractivity contribution is 6.08. The molecular weight excluding hydrogens is 322 g/mol. The van der Waals surface area contributed by atoms with Crippen molar-refractivity contribution in [1.82, 2.24) is 5.06 Å². The van der Waals surface area contributed by atoms with Crippen LogP contribution in [0.3, 0.4) is 0 Å². The quantitative estimate of drug-likeness (QED) is 0.448. The first-order valence-corrected chi connectivity index (χ1v) is 8.29. The topological polar surface area (TPSA) is 65.1 Å². The van der Waals surface area contributed by atoms with Gasteiger partial charge in [-0.15, -0.1) is 0 Å². The molecule has 2 rings (SSSR count). The van der Waals surface area contributed by atoms with E-state index < -0.39 is 22.9 Å². The number of rotatable bonds is 6. The van der Waals surface area contributed by atoms with Crippen molar-refractivity contribution >= 4 is 11.9 Å². The smallest absolute Gasteiger partial charge is 0.323 e. The number of hydrogen-bond donors (Lipinski definition) is 0. The molecule has 0 radical (unpaired) electrons. The molecule has 0 bridgehead atoms. The molecule has 1 fully saturated rings. The Kier molecular flexibility index (Phi) is 5.54. The van der Waals surface area contributed by atoms with Gasteiger partial charge in [-0.3, -0.25) is 14.4 Å². The zero-order chi connectivity index (χ0) is 18.8. The summed E-state index contributed by atoms with van der Waals surface area (Å²) in [6.45, 7) is 5.64. The predicted molar refractivity (Wildman–Crippen MR) is 92.6 cm³/mol. The van der Waals surface area contributed by atoms with Gasteiger partial charge in [-0.05, 0) is 26.3 Å². The fourth-order valence-corrected chi connectivity index (χ4v) is 3.39. The normalized spacial score (nSPS) is 25.4. The SMILES string of the molecule is COC[C@@H]1[C@H](c2ccccc2)[C@]1(C(=O)OC(C)(C)C)C(=O)N(C)OC. The number of ether oxygens (including phenoxy) is 2. The van der Waals surface area contributed by atoms with Crippen molar-refractivity contribution in [3.63, 3.8) is 0 Å². The predicted octanol–water partition coefficient (Wildman–Crippen LogP) is 2.39. The minimum atomic E-state index is -1.34. The Morgan fingerprint density at radius 2 is 1.76 bits per heavy atom. The van der Waals surface area contributed by atoms with E-state index in [1.54, 1.807) is 27.9 Å². The number of carbonyl (C=O) groups is 2. The molecule has 0 saturated heterocycles. The molecule has 3 atom stereocenters. The molecule has 0 aromatic heterocycles. The van der Waals surface area contributed by atoms with E-state index >= 15 is 0 Å². The average molecular weight is 349 g/mol. The van der Waals surface area contributed by atoms with Gasteiger partial charge >= 0.3 is 5.97 Å². The molecule has 0 N–H and O–H groups in total. The number of nitrogens with zero attached hydrogens (tertiary/aromatic N) is 1. The van der Waals surface area contributed by atoms with E-state index in [0.717, 1.165) is 10.6 Å². The summed E-state index contributed by atoms with van der Waals surface area (Å²) in [5, 5.41) is 1.09. The van der Waals surface area contributed by atoms with Gasteiger partial charge in [0.05, 0.1) is 13.7 Å². The summed E-state index contributed by atoms with van der Waals surface area (Å²) in [5.41, 5.74) is -1.12. The van der Waals surface area contributed by atoms with Crippen LogP contribution in [0.15, 0.2) is 30.3 Å². The molecule has 1 amide bonds. The lowest BCUT2D eigenvalue weighted by Gasteiger charge is -2.27. The Labute approximate surface area is 149 Å². The van der Waals surface area contributed by atoms with E-state index in [-0.39, 0.29) is 18.4 Å². The maximum Gasteiger partial charge on any atom is 0.323 e. The minimum Gasteiger partial charge on any atom is -0.459 e. The lowest BCUT2D eigenvalue weighted by molar-refractivity contribution is -0.186. The number of amides is 1. The van der Waals surface area contributed by atoms with E-state index in [1.165, 1.54) is 14.2 Å². The number of esters is 1. The molecule has 0 aliphatic heterocycles. The molecule has 1 saturated carbocycles. The Morgan fingerprint density at radius 1 is 1.16 bits per heavy atom. The van der Waals surface area contributed by atoms with Gasteiger partial charge < -0.3 is 9.47 Å². The summed E-state index contributed by atoms with van der Waals surface area (Å²) < 4.78 is 10.9. The largest absolute Gasteiger partial charge is 0.459 e. The lowest BCUT2D eigenvalue weighted by atomic mass is 9.97. The van der Waals surface area contributed by atoms with Crippen LogP contribution < -0.4 is 0 Å². The molecule has 0 unspecified atom stereocenters. The van der Waals surface area contributed by atoms with Crippen molar-refractivity contribution in [1.29, 1.82) is 0 Å². The van der Waals surface area contributed by atoms with E-state index in [4.69, 9.17) is 14.3 Å². The summed E-state index contributed by atoms with van der Waals surface area (Å²) >= 11 is 0. The molecule has 0 heterocycles. The Bertz CT molecular complexity index is 624. The van der Waals surface area contributed by atoms with Crippen LogP contribution in [-0.4, -0.2) is 50.4 Å². The monoisotopic (exact) mass is 349 g/mol.